The Kier molecular flexibility index (Phi) is 1.92. The number of fused-ring (bicyclic) bond motifs is 1. The fraction of sp³-hybridized carbons (Fsp3) is 0.111. The molecule has 0 spiro atoms. The van der Waals surface area contributed by atoms with Crippen molar-refractivity contribution >= 4 is 27.0 Å². The lowest BCUT2D eigenvalue weighted by atomic mass is 10.3. The summed E-state index contributed by atoms with van der Waals surface area (Å²) in [5, 5.41) is 9.21. The Balaban J connectivity index is 2.81. The molecule has 1 N–H and O–H groups in total. The zero-order chi connectivity index (χ0) is 9.42. The van der Waals surface area contributed by atoms with Gasteiger partial charge in [0.05, 0.1) is 16.7 Å². The van der Waals surface area contributed by atoms with Gasteiger partial charge in [-0.1, -0.05) is 0 Å². The summed E-state index contributed by atoms with van der Waals surface area (Å²) in [5.74, 6) is 0.212. The molecular weight excluding hydrogens is 232 g/mol. The average Bonchev–Trinajstić information content (AvgIpc) is 2.08. The number of rotatable bonds is 0. The third-order valence-corrected chi connectivity index (χ3v) is 2.52. The summed E-state index contributed by atoms with van der Waals surface area (Å²) in [6, 6.07) is 4.93. The normalized spacial score (nSPS) is 10.6. The Bertz CT molecular complexity index is 470. The van der Waals surface area contributed by atoms with Gasteiger partial charge in [-0.05, 0) is 35.0 Å². The quantitative estimate of drug-likeness (QED) is 0.767. The summed E-state index contributed by atoms with van der Waals surface area (Å²) < 4.78 is 0.741. The summed E-state index contributed by atoms with van der Waals surface area (Å²) in [6.07, 6.45) is 0. The van der Waals surface area contributed by atoms with Crippen molar-refractivity contribution in [3.8, 4) is 5.75 Å². The SMILES string of the molecule is Cc1nc2cc(O)ccc2nc1Br. The molecule has 2 rings (SSSR count). The van der Waals surface area contributed by atoms with Gasteiger partial charge in [-0.15, -0.1) is 0 Å². The molecule has 0 amide bonds. The van der Waals surface area contributed by atoms with Gasteiger partial charge in [0.15, 0.2) is 0 Å². The third kappa shape index (κ3) is 1.49. The van der Waals surface area contributed by atoms with E-state index in [4.69, 9.17) is 0 Å². The molecule has 4 heteroatoms. The van der Waals surface area contributed by atoms with E-state index in [1.165, 1.54) is 0 Å². The Hall–Kier alpha value is -1.16. The molecule has 0 aliphatic rings. The molecule has 66 valence electrons. The number of aryl methyl sites for hydroxylation is 1. The fourth-order valence-corrected chi connectivity index (χ4v) is 1.39. The minimum absolute atomic E-state index is 0.212. The van der Waals surface area contributed by atoms with Crippen LogP contribution in [0.1, 0.15) is 5.69 Å². The van der Waals surface area contributed by atoms with Crippen LogP contribution in [0.3, 0.4) is 0 Å². The number of phenols is 1. The van der Waals surface area contributed by atoms with E-state index in [2.05, 4.69) is 25.9 Å². The molecule has 0 unspecified atom stereocenters. The van der Waals surface area contributed by atoms with Gasteiger partial charge in [-0.3, -0.25) is 0 Å². The van der Waals surface area contributed by atoms with E-state index >= 15 is 0 Å². The van der Waals surface area contributed by atoms with E-state index in [1.54, 1.807) is 18.2 Å². The summed E-state index contributed by atoms with van der Waals surface area (Å²) in [6.45, 7) is 1.86. The summed E-state index contributed by atoms with van der Waals surface area (Å²) in [5.41, 5.74) is 2.30. The summed E-state index contributed by atoms with van der Waals surface area (Å²) in [4.78, 5) is 8.53. The molecule has 2 aromatic rings. The van der Waals surface area contributed by atoms with E-state index in [-0.39, 0.29) is 5.75 Å². The minimum Gasteiger partial charge on any atom is -0.508 e. The second kappa shape index (κ2) is 2.96. The number of hydrogen-bond acceptors (Lipinski definition) is 3. The first kappa shape index (κ1) is 8.44. The highest BCUT2D eigenvalue weighted by molar-refractivity contribution is 9.10. The van der Waals surface area contributed by atoms with Gasteiger partial charge >= 0.3 is 0 Å². The van der Waals surface area contributed by atoms with Gasteiger partial charge in [0.1, 0.15) is 10.4 Å². The van der Waals surface area contributed by atoms with Crippen molar-refractivity contribution in [3.63, 3.8) is 0 Å². The first-order valence-corrected chi connectivity index (χ1v) is 4.59. The number of benzene rings is 1. The van der Waals surface area contributed by atoms with Crippen LogP contribution >= 0.6 is 15.9 Å². The lowest BCUT2D eigenvalue weighted by Crippen LogP contribution is -1.89. The number of halogens is 1. The number of phenolic OH excluding ortho intramolecular Hbond substituents is 1. The standard InChI is InChI=1S/C9H7BrN2O/c1-5-9(10)12-7-3-2-6(13)4-8(7)11-5/h2-4,13H,1H3. The highest BCUT2D eigenvalue weighted by Crippen LogP contribution is 2.20. The Morgan fingerprint density at radius 2 is 2.00 bits per heavy atom. The van der Waals surface area contributed by atoms with Crippen molar-refractivity contribution in [1.29, 1.82) is 0 Å². The molecule has 0 saturated heterocycles. The minimum atomic E-state index is 0.212. The van der Waals surface area contributed by atoms with Crippen molar-refractivity contribution in [2.75, 3.05) is 0 Å². The number of aromatic hydroxyl groups is 1. The van der Waals surface area contributed by atoms with Crippen LogP contribution in [-0.4, -0.2) is 15.1 Å². The zero-order valence-electron chi connectivity index (χ0n) is 6.95. The van der Waals surface area contributed by atoms with Crippen molar-refractivity contribution in [2.24, 2.45) is 0 Å². The fourth-order valence-electron chi connectivity index (χ4n) is 1.11. The first-order valence-electron chi connectivity index (χ1n) is 3.80. The Morgan fingerprint density at radius 3 is 2.77 bits per heavy atom. The average molecular weight is 239 g/mol. The molecular formula is C9H7BrN2O. The van der Waals surface area contributed by atoms with Crippen LogP contribution < -0.4 is 0 Å². The molecule has 0 aliphatic heterocycles. The van der Waals surface area contributed by atoms with Gasteiger partial charge in [0.2, 0.25) is 0 Å². The summed E-state index contributed by atoms with van der Waals surface area (Å²) >= 11 is 3.30. The molecule has 1 heterocycles. The van der Waals surface area contributed by atoms with E-state index in [1.807, 2.05) is 6.92 Å². The first-order chi connectivity index (χ1) is 6.16. The Labute approximate surface area is 83.6 Å². The van der Waals surface area contributed by atoms with Crippen LogP contribution in [0.5, 0.6) is 5.75 Å². The Morgan fingerprint density at radius 1 is 1.23 bits per heavy atom. The largest absolute Gasteiger partial charge is 0.508 e. The van der Waals surface area contributed by atoms with Gasteiger partial charge in [0.25, 0.3) is 0 Å². The van der Waals surface area contributed by atoms with E-state index < -0.39 is 0 Å². The number of nitrogens with zero attached hydrogens (tertiary/aromatic N) is 2. The maximum Gasteiger partial charge on any atom is 0.128 e. The van der Waals surface area contributed by atoms with Crippen LogP contribution in [0.15, 0.2) is 22.8 Å². The maximum atomic E-state index is 9.21. The smallest absolute Gasteiger partial charge is 0.128 e. The monoisotopic (exact) mass is 238 g/mol. The van der Waals surface area contributed by atoms with Crippen LogP contribution in [0.2, 0.25) is 0 Å². The molecule has 1 aromatic heterocycles. The van der Waals surface area contributed by atoms with Gasteiger partial charge in [0, 0.05) is 6.07 Å². The molecule has 1 aromatic carbocycles. The molecule has 0 fully saturated rings. The lowest BCUT2D eigenvalue weighted by Gasteiger charge is -2.00. The highest BCUT2D eigenvalue weighted by Gasteiger charge is 2.02. The molecule has 0 atom stereocenters. The molecule has 0 radical (unpaired) electrons. The molecule has 3 nitrogen and oxygen atoms in total. The van der Waals surface area contributed by atoms with Crippen molar-refractivity contribution in [1.82, 2.24) is 9.97 Å². The molecule has 0 bridgehead atoms. The number of hydrogen-bond donors (Lipinski definition) is 1. The summed E-state index contributed by atoms with van der Waals surface area (Å²) in [7, 11) is 0. The van der Waals surface area contributed by atoms with Crippen molar-refractivity contribution < 1.29 is 5.11 Å². The van der Waals surface area contributed by atoms with Crippen LogP contribution in [0, 0.1) is 6.92 Å². The molecule has 0 aliphatic carbocycles. The third-order valence-electron chi connectivity index (χ3n) is 1.76. The topological polar surface area (TPSA) is 46.0 Å². The van der Waals surface area contributed by atoms with Crippen LogP contribution in [-0.2, 0) is 0 Å². The maximum absolute atomic E-state index is 9.21. The molecule has 13 heavy (non-hydrogen) atoms. The van der Waals surface area contributed by atoms with Gasteiger partial charge in [-0.2, -0.15) is 0 Å². The van der Waals surface area contributed by atoms with Crippen molar-refractivity contribution in [2.45, 2.75) is 6.92 Å². The molecule has 0 saturated carbocycles. The van der Waals surface area contributed by atoms with E-state index in [0.29, 0.717) is 5.52 Å². The van der Waals surface area contributed by atoms with E-state index in [0.717, 1.165) is 15.8 Å². The lowest BCUT2D eigenvalue weighted by molar-refractivity contribution is 0.476. The van der Waals surface area contributed by atoms with E-state index in [9.17, 15) is 5.11 Å². The second-order valence-corrected chi connectivity index (χ2v) is 3.52. The van der Waals surface area contributed by atoms with Crippen molar-refractivity contribution in [3.05, 3.63) is 28.5 Å². The zero-order valence-corrected chi connectivity index (χ0v) is 8.54. The highest BCUT2D eigenvalue weighted by atomic mass is 79.9. The van der Waals surface area contributed by atoms with Gasteiger partial charge < -0.3 is 5.11 Å². The van der Waals surface area contributed by atoms with Crippen LogP contribution in [0.25, 0.3) is 11.0 Å². The van der Waals surface area contributed by atoms with Gasteiger partial charge in [-0.25, -0.2) is 9.97 Å². The predicted molar refractivity (Wildman–Crippen MR) is 53.6 cm³/mol. The number of aromatic nitrogens is 2. The predicted octanol–water partition coefficient (Wildman–Crippen LogP) is 2.41. The van der Waals surface area contributed by atoms with Crippen LogP contribution in [0.4, 0.5) is 0 Å². The second-order valence-electron chi connectivity index (χ2n) is 2.77.